The first-order valence-electron chi connectivity index (χ1n) is 8.41. The molecule has 128 valence electrons. The third-order valence-corrected chi connectivity index (χ3v) is 4.52. The van der Waals surface area contributed by atoms with E-state index < -0.39 is 0 Å². The Hall–Kier alpha value is -1.39. The third kappa shape index (κ3) is 5.05. The summed E-state index contributed by atoms with van der Waals surface area (Å²) in [6.45, 7) is 13.9. The summed E-state index contributed by atoms with van der Waals surface area (Å²) in [5.74, 6) is 0.100. The molecule has 4 heteroatoms. The van der Waals surface area contributed by atoms with E-state index in [9.17, 15) is 4.79 Å². The minimum absolute atomic E-state index is 0.0570. The number of hydrogen-bond acceptors (Lipinski definition) is 3. The van der Waals surface area contributed by atoms with Crippen molar-refractivity contribution in [2.75, 3.05) is 46.4 Å². The second-order valence-corrected chi connectivity index (χ2v) is 7.51. The molecule has 0 atom stereocenters. The molecule has 1 fully saturated rings. The average molecular weight is 318 g/mol. The molecule has 2 rings (SSSR count). The second kappa shape index (κ2) is 7.45. The third-order valence-electron chi connectivity index (χ3n) is 4.52. The van der Waals surface area contributed by atoms with Gasteiger partial charge in [0.2, 0.25) is 0 Å². The predicted octanol–water partition coefficient (Wildman–Crippen LogP) is 2.73. The molecule has 0 unspecified atom stereocenters. The van der Waals surface area contributed by atoms with Crippen LogP contribution in [0.3, 0.4) is 0 Å². The summed E-state index contributed by atoms with van der Waals surface area (Å²) in [5, 5.41) is 0. The van der Waals surface area contributed by atoms with Crippen LogP contribution in [-0.2, 0) is 4.74 Å². The van der Waals surface area contributed by atoms with Gasteiger partial charge in [-0.25, -0.2) is 0 Å². The molecule has 1 saturated heterocycles. The molecule has 1 amide bonds. The van der Waals surface area contributed by atoms with E-state index in [4.69, 9.17) is 4.74 Å². The molecular formula is C19H30N2O2. The fourth-order valence-corrected chi connectivity index (χ4v) is 3.22. The first kappa shape index (κ1) is 18.0. The van der Waals surface area contributed by atoms with Crippen molar-refractivity contribution in [3.63, 3.8) is 0 Å². The molecule has 1 aliphatic heterocycles. The molecule has 0 spiro atoms. The first-order valence-corrected chi connectivity index (χ1v) is 8.41. The van der Waals surface area contributed by atoms with Gasteiger partial charge in [-0.15, -0.1) is 0 Å². The van der Waals surface area contributed by atoms with Crippen molar-refractivity contribution in [3.8, 4) is 0 Å². The standard InChI is InChI=1S/C19H30N2O2/c1-15-6-7-17(12-16(15)2)18(22)20(5)13-19(3,4)14-21-8-10-23-11-9-21/h6-7,12H,8-11,13-14H2,1-5H3. The highest BCUT2D eigenvalue weighted by Gasteiger charge is 2.26. The molecule has 1 aromatic carbocycles. The van der Waals surface area contributed by atoms with E-state index in [0.717, 1.165) is 50.5 Å². The number of carbonyl (C=O) groups is 1. The van der Waals surface area contributed by atoms with Crippen LogP contribution in [0.2, 0.25) is 0 Å². The summed E-state index contributed by atoms with van der Waals surface area (Å²) in [7, 11) is 1.90. The smallest absolute Gasteiger partial charge is 0.253 e. The van der Waals surface area contributed by atoms with Gasteiger partial charge in [0.25, 0.3) is 5.91 Å². The van der Waals surface area contributed by atoms with Crippen molar-refractivity contribution in [1.82, 2.24) is 9.80 Å². The second-order valence-electron chi connectivity index (χ2n) is 7.51. The summed E-state index contributed by atoms with van der Waals surface area (Å²) in [5.41, 5.74) is 3.22. The fourth-order valence-electron chi connectivity index (χ4n) is 3.22. The molecule has 0 aliphatic carbocycles. The van der Waals surface area contributed by atoms with Crippen molar-refractivity contribution in [3.05, 3.63) is 34.9 Å². The SMILES string of the molecule is Cc1ccc(C(=O)N(C)CC(C)(C)CN2CCOCC2)cc1C. The van der Waals surface area contributed by atoms with Gasteiger partial charge in [0.05, 0.1) is 13.2 Å². The Bertz CT molecular complexity index is 548. The molecule has 0 saturated carbocycles. The zero-order valence-electron chi connectivity index (χ0n) is 15.2. The predicted molar refractivity (Wildman–Crippen MR) is 93.9 cm³/mol. The van der Waals surface area contributed by atoms with Crippen LogP contribution in [-0.4, -0.2) is 62.1 Å². The lowest BCUT2D eigenvalue weighted by Crippen LogP contribution is -2.46. The topological polar surface area (TPSA) is 32.8 Å². The number of nitrogens with zero attached hydrogens (tertiary/aromatic N) is 2. The number of carbonyl (C=O) groups excluding carboxylic acids is 1. The number of morpholine rings is 1. The minimum Gasteiger partial charge on any atom is -0.379 e. The molecule has 4 nitrogen and oxygen atoms in total. The maximum atomic E-state index is 12.7. The molecule has 1 aliphatic rings. The van der Waals surface area contributed by atoms with Crippen molar-refractivity contribution in [2.45, 2.75) is 27.7 Å². The normalized spacial score (nSPS) is 16.4. The van der Waals surface area contributed by atoms with Crippen LogP contribution in [0.5, 0.6) is 0 Å². The number of benzene rings is 1. The minimum atomic E-state index is 0.0570. The number of amides is 1. The average Bonchev–Trinajstić information content (AvgIpc) is 2.49. The van der Waals surface area contributed by atoms with E-state index in [1.807, 2.05) is 30.1 Å². The Morgan fingerprint density at radius 3 is 2.48 bits per heavy atom. The number of ether oxygens (including phenoxy) is 1. The van der Waals surface area contributed by atoms with E-state index in [2.05, 4.69) is 32.6 Å². The van der Waals surface area contributed by atoms with Gasteiger partial charge in [-0.2, -0.15) is 0 Å². The van der Waals surface area contributed by atoms with Crippen molar-refractivity contribution in [1.29, 1.82) is 0 Å². The maximum absolute atomic E-state index is 12.7. The van der Waals surface area contributed by atoms with Gasteiger partial charge >= 0.3 is 0 Å². The molecule has 1 aromatic rings. The van der Waals surface area contributed by atoms with Crippen molar-refractivity contribution < 1.29 is 9.53 Å². The maximum Gasteiger partial charge on any atom is 0.253 e. The van der Waals surface area contributed by atoms with Crippen LogP contribution < -0.4 is 0 Å². The molecular weight excluding hydrogens is 288 g/mol. The van der Waals surface area contributed by atoms with Crippen LogP contribution in [0.25, 0.3) is 0 Å². The Balaban J connectivity index is 1.96. The van der Waals surface area contributed by atoms with E-state index >= 15 is 0 Å². The monoisotopic (exact) mass is 318 g/mol. The van der Waals surface area contributed by atoms with Gasteiger partial charge < -0.3 is 9.64 Å². The summed E-state index contributed by atoms with van der Waals surface area (Å²) in [4.78, 5) is 17.0. The zero-order valence-corrected chi connectivity index (χ0v) is 15.2. The van der Waals surface area contributed by atoms with E-state index in [1.165, 1.54) is 5.56 Å². The van der Waals surface area contributed by atoms with E-state index in [0.29, 0.717) is 0 Å². The molecule has 0 bridgehead atoms. The Labute approximate surface area is 140 Å². The first-order chi connectivity index (χ1) is 10.8. The quantitative estimate of drug-likeness (QED) is 0.837. The highest BCUT2D eigenvalue weighted by atomic mass is 16.5. The van der Waals surface area contributed by atoms with Gasteiger partial charge in [-0.1, -0.05) is 19.9 Å². The van der Waals surface area contributed by atoms with Crippen LogP contribution in [0, 0.1) is 19.3 Å². The van der Waals surface area contributed by atoms with E-state index in [1.54, 1.807) is 0 Å². The lowest BCUT2D eigenvalue weighted by Gasteiger charge is -2.37. The molecule has 0 N–H and O–H groups in total. The number of aryl methyl sites for hydroxylation is 2. The van der Waals surface area contributed by atoms with Crippen LogP contribution in [0.1, 0.15) is 35.3 Å². The zero-order chi connectivity index (χ0) is 17.0. The van der Waals surface area contributed by atoms with Crippen LogP contribution in [0.4, 0.5) is 0 Å². The van der Waals surface area contributed by atoms with Gasteiger partial charge in [0.1, 0.15) is 0 Å². The lowest BCUT2D eigenvalue weighted by molar-refractivity contribution is 0.0163. The number of rotatable bonds is 5. The summed E-state index contributed by atoms with van der Waals surface area (Å²) >= 11 is 0. The Kier molecular flexibility index (Phi) is 5.82. The number of hydrogen-bond donors (Lipinski definition) is 0. The van der Waals surface area contributed by atoms with Gasteiger partial charge in [-0.3, -0.25) is 9.69 Å². The van der Waals surface area contributed by atoms with Gasteiger partial charge in [0.15, 0.2) is 0 Å². The Morgan fingerprint density at radius 2 is 1.87 bits per heavy atom. The molecule has 1 heterocycles. The van der Waals surface area contributed by atoms with Crippen LogP contribution >= 0.6 is 0 Å². The fraction of sp³-hybridized carbons (Fsp3) is 0.632. The molecule has 0 aromatic heterocycles. The molecule has 0 radical (unpaired) electrons. The molecule has 23 heavy (non-hydrogen) atoms. The van der Waals surface area contributed by atoms with E-state index in [-0.39, 0.29) is 11.3 Å². The highest BCUT2D eigenvalue weighted by molar-refractivity contribution is 5.94. The summed E-state index contributed by atoms with van der Waals surface area (Å²) in [6.07, 6.45) is 0. The van der Waals surface area contributed by atoms with Gasteiger partial charge in [0, 0.05) is 38.8 Å². The Morgan fingerprint density at radius 1 is 1.22 bits per heavy atom. The van der Waals surface area contributed by atoms with Crippen LogP contribution in [0.15, 0.2) is 18.2 Å². The lowest BCUT2D eigenvalue weighted by atomic mass is 9.91. The van der Waals surface area contributed by atoms with Gasteiger partial charge in [-0.05, 0) is 42.5 Å². The largest absolute Gasteiger partial charge is 0.379 e. The highest BCUT2D eigenvalue weighted by Crippen LogP contribution is 2.21. The summed E-state index contributed by atoms with van der Waals surface area (Å²) in [6, 6.07) is 5.94. The summed E-state index contributed by atoms with van der Waals surface area (Å²) < 4.78 is 5.41. The van der Waals surface area contributed by atoms with Crippen molar-refractivity contribution in [2.24, 2.45) is 5.41 Å². The van der Waals surface area contributed by atoms with Crippen molar-refractivity contribution >= 4 is 5.91 Å².